The summed E-state index contributed by atoms with van der Waals surface area (Å²) in [5.74, 6) is 3.10. The van der Waals surface area contributed by atoms with Crippen LogP contribution in [0.5, 0.6) is 11.5 Å². The van der Waals surface area contributed by atoms with Crippen LogP contribution in [0.15, 0.2) is 84.9 Å². The van der Waals surface area contributed by atoms with Crippen LogP contribution in [-0.4, -0.2) is 0 Å². The smallest absolute Gasteiger partial charge is 0.319 e. The minimum Gasteiger partial charge on any atom is -0.618 e. The molecule has 54 heavy (non-hydrogen) atoms. The summed E-state index contributed by atoms with van der Waals surface area (Å²) in [4.78, 5) is 14.6. The van der Waals surface area contributed by atoms with Crippen molar-refractivity contribution in [3.05, 3.63) is 118 Å². The van der Waals surface area contributed by atoms with E-state index in [-0.39, 0.29) is 23.7 Å². The van der Waals surface area contributed by atoms with Gasteiger partial charge in [0.25, 0.3) is 0 Å². The van der Waals surface area contributed by atoms with Gasteiger partial charge in [-0.25, -0.2) is 0 Å². The third-order valence-electron chi connectivity index (χ3n) is 11.4. The van der Waals surface area contributed by atoms with E-state index in [1.807, 2.05) is 0 Å². The van der Waals surface area contributed by atoms with Gasteiger partial charge in [0.15, 0.2) is 11.5 Å². The van der Waals surface area contributed by atoms with Gasteiger partial charge >= 0.3 is 8.60 Å². The van der Waals surface area contributed by atoms with Gasteiger partial charge in [0.2, 0.25) is 0 Å². The Labute approximate surface area is 324 Å². The zero-order chi connectivity index (χ0) is 38.7. The van der Waals surface area contributed by atoms with Crippen molar-refractivity contribution in [3.63, 3.8) is 0 Å². The molecular weight excluding hydrogens is 680 g/mol. The lowest BCUT2D eigenvalue weighted by molar-refractivity contribution is -0.188. The lowest BCUT2D eigenvalue weighted by Gasteiger charge is -2.26. The summed E-state index contributed by atoms with van der Waals surface area (Å²) in [6, 6.07) is 31.2. The fourth-order valence-electron chi connectivity index (χ4n) is 8.46. The van der Waals surface area contributed by atoms with Gasteiger partial charge in [-0.3, -0.25) is 0 Å². The average Bonchev–Trinajstić information content (AvgIpc) is 3.29. The first kappa shape index (κ1) is 38.1. The highest BCUT2D eigenvalue weighted by Gasteiger charge is 2.35. The Bertz CT molecular complexity index is 2150. The van der Waals surface area contributed by atoms with Crippen LogP contribution in [-0.2, 0) is 0 Å². The molecule has 1 aliphatic rings. The number of hydrogen-bond donors (Lipinski definition) is 0. The van der Waals surface area contributed by atoms with E-state index in [1.165, 1.54) is 44.5 Å². The maximum absolute atomic E-state index is 14.6. The van der Waals surface area contributed by atoms with Crippen molar-refractivity contribution in [2.24, 2.45) is 0 Å². The Balaban J connectivity index is 1.70. The quantitative estimate of drug-likeness (QED) is 0.146. The first-order valence-electron chi connectivity index (χ1n) is 20.0. The Morgan fingerprint density at radius 2 is 0.722 bits per heavy atom. The van der Waals surface area contributed by atoms with Gasteiger partial charge in [0, 0.05) is 22.3 Å². The number of benzene rings is 6. The maximum atomic E-state index is 14.6. The highest BCUT2D eigenvalue weighted by atomic mass is 31.2. The van der Waals surface area contributed by atoms with Crippen molar-refractivity contribution in [2.45, 2.75) is 119 Å². The van der Waals surface area contributed by atoms with Gasteiger partial charge in [0.1, 0.15) is 0 Å². The summed E-state index contributed by atoms with van der Waals surface area (Å²) in [5.41, 5.74) is 14.0. The van der Waals surface area contributed by atoms with Gasteiger partial charge in [-0.2, -0.15) is 0 Å². The van der Waals surface area contributed by atoms with E-state index in [0.717, 1.165) is 43.8 Å². The third-order valence-corrected chi connectivity index (χ3v) is 12.2. The van der Waals surface area contributed by atoms with E-state index in [1.54, 1.807) is 0 Å². The van der Waals surface area contributed by atoms with E-state index in [4.69, 9.17) is 9.05 Å². The summed E-state index contributed by atoms with van der Waals surface area (Å²) < 4.78 is 13.5. The molecule has 0 aliphatic carbocycles. The lowest BCUT2D eigenvalue weighted by Crippen LogP contribution is -2.09. The monoisotopic (exact) mass is 736 g/mol. The second-order valence-corrected chi connectivity index (χ2v) is 18.1. The predicted octanol–water partition coefficient (Wildman–Crippen LogP) is 14.8. The van der Waals surface area contributed by atoms with Crippen molar-refractivity contribution < 1.29 is 13.9 Å². The van der Waals surface area contributed by atoms with Crippen LogP contribution in [0.25, 0.3) is 54.9 Å². The Morgan fingerprint density at radius 3 is 1.02 bits per heavy atom. The van der Waals surface area contributed by atoms with E-state index in [0.29, 0.717) is 23.3 Å². The molecule has 6 aromatic rings. The molecule has 1 aliphatic heterocycles. The van der Waals surface area contributed by atoms with Crippen LogP contribution in [0.2, 0.25) is 0 Å². The van der Waals surface area contributed by atoms with Crippen molar-refractivity contribution in [2.75, 3.05) is 0 Å². The highest BCUT2D eigenvalue weighted by molar-refractivity contribution is 7.40. The van der Waals surface area contributed by atoms with Crippen LogP contribution >= 0.6 is 8.60 Å². The topological polar surface area (TPSA) is 41.5 Å². The van der Waals surface area contributed by atoms with E-state index in [2.05, 4.69) is 168 Å². The average molecular weight is 737 g/mol. The molecule has 7 rings (SSSR count). The fourth-order valence-corrected chi connectivity index (χ4v) is 9.26. The van der Waals surface area contributed by atoms with Crippen molar-refractivity contribution in [1.29, 1.82) is 0 Å². The van der Waals surface area contributed by atoms with Crippen molar-refractivity contribution >= 4 is 30.1 Å². The minimum atomic E-state index is -3.07. The Kier molecular flexibility index (Phi) is 10.5. The van der Waals surface area contributed by atoms with Gasteiger partial charge < -0.3 is 13.9 Å². The second-order valence-electron chi connectivity index (χ2n) is 17.2. The zero-order valence-corrected chi connectivity index (χ0v) is 35.3. The summed E-state index contributed by atoms with van der Waals surface area (Å²) in [7, 11) is -3.07. The number of hydrogen-bond acceptors (Lipinski definition) is 3. The van der Waals surface area contributed by atoms with Gasteiger partial charge in [-0.1, -0.05) is 156 Å². The molecule has 280 valence electrons. The molecule has 0 saturated heterocycles. The van der Waals surface area contributed by atoms with Gasteiger partial charge in [-0.15, -0.1) is 0 Å². The summed E-state index contributed by atoms with van der Waals surface area (Å²) in [6.45, 7) is 27.3. The molecule has 6 aromatic carbocycles. The third kappa shape index (κ3) is 6.62. The summed E-state index contributed by atoms with van der Waals surface area (Å²) >= 11 is 0. The largest absolute Gasteiger partial charge is 0.618 e. The molecule has 0 amide bonds. The molecule has 3 nitrogen and oxygen atoms in total. The molecule has 0 spiro atoms. The molecular formula is C50H57O3P. The van der Waals surface area contributed by atoms with Gasteiger partial charge in [0.05, 0.1) is 0 Å². The van der Waals surface area contributed by atoms with Crippen LogP contribution in [0.3, 0.4) is 0 Å². The molecule has 0 radical (unpaired) electrons. The summed E-state index contributed by atoms with van der Waals surface area (Å²) in [5, 5.41) is 4.33. The van der Waals surface area contributed by atoms with Crippen LogP contribution < -0.4 is 13.9 Å². The maximum Gasteiger partial charge on any atom is 0.319 e. The molecule has 0 saturated carbocycles. The molecule has 0 bridgehead atoms. The number of fused-ring (bicyclic) bond motifs is 7. The summed E-state index contributed by atoms with van der Waals surface area (Å²) in [6.07, 6.45) is 0. The molecule has 0 aromatic heterocycles. The first-order valence-corrected chi connectivity index (χ1v) is 21.3. The Morgan fingerprint density at radius 1 is 0.407 bits per heavy atom. The molecule has 0 N–H and O–H groups in total. The van der Waals surface area contributed by atoms with Gasteiger partial charge in [-0.05, 0) is 114 Å². The Hall–Kier alpha value is -4.17. The fraction of sp³-hybridized carbons (Fsp3) is 0.360. The normalized spacial score (nSPS) is 13.4. The van der Waals surface area contributed by atoms with Crippen molar-refractivity contribution in [3.8, 4) is 44.9 Å². The molecule has 0 atom stereocenters. The minimum absolute atomic E-state index is 0.259. The second kappa shape index (κ2) is 14.8. The first-order chi connectivity index (χ1) is 25.7. The molecule has 4 heteroatoms. The SMILES string of the molecule is CC(C)c1cc(C(C)C)c(-c2cc3ccccc3c3c2O[PH+]([O-])Oc2c(-c4c(C(C)C)cc(C(C)C)cc4C(C)C)cc4ccccc4c2-3)c(C(C)C)c1. The molecule has 0 fully saturated rings. The van der Waals surface area contributed by atoms with Crippen LogP contribution in [0.4, 0.5) is 0 Å². The van der Waals surface area contributed by atoms with E-state index < -0.39 is 8.60 Å². The highest BCUT2D eigenvalue weighted by Crippen LogP contribution is 2.60. The molecule has 0 unspecified atom stereocenters. The van der Waals surface area contributed by atoms with E-state index >= 15 is 0 Å². The van der Waals surface area contributed by atoms with Crippen LogP contribution in [0.1, 0.15) is 152 Å². The standard InChI is InChI=1S/C50H57O3P/c1-27(2)35-23-39(29(5)6)45(40(24-35)30(7)8)43-21-33-17-13-15-19-37(33)47-48-38-20-16-14-18-34(38)22-44(50(48)53-54(51)52-49(43)47)46-41(31(9)10)25-36(28(3)4)26-42(46)32(11)12/h13-32,54H,1-12H3. The lowest BCUT2D eigenvalue weighted by atomic mass is 9.78. The predicted molar refractivity (Wildman–Crippen MR) is 232 cm³/mol. The van der Waals surface area contributed by atoms with Crippen molar-refractivity contribution in [1.82, 2.24) is 0 Å². The van der Waals surface area contributed by atoms with E-state index in [9.17, 15) is 4.89 Å². The number of rotatable bonds is 8. The zero-order valence-electron chi connectivity index (χ0n) is 34.3. The van der Waals surface area contributed by atoms with Crippen LogP contribution in [0, 0.1) is 0 Å². The molecule has 1 heterocycles.